The minimum Gasteiger partial charge on any atom is -0.332 e. The Morgan fingerprint density at radius 3 is 2.38 bits per heavy atom. The van der Waals surface area contributed by atoms with Gasteiger partial charge in [0.2, 0.25) is 0 Å². The van der Waals surface area contributed by atoms with Crippen LogP contribution in [0.4, 0.5) is 9.18 Å². The molecule has 0 spiro atoms. The molecule has 0 bridgehead atoms. The highest BCUT2D eigenvalue weighted by molar-refractivity contribution is 5.75. The predicted molar refractivity (Wildman–Crippen MR) is 97.9 cm³/mol. The molecule has 0 aliphatic carbocycles. The molecule has 6 heteroatoms. The fourth-order valence-corrected chi connectivity index (χ4v) is 2.90. The van der Waals surface area contributed by atoms with Crippen LogP contribution >= 0.6 is 0 Å². The van der Waals surface area contributed by atoms with Crippen molar-refractivity contribution in [2.75, 3.05) is 7.05 Å². The van der Waals surface area contributed by atoms with Gasteiger partial charge in [0.15, 0.2) is 0 Å². The number of carbonyl (C=O) groups excluding carboxylic acids is 1. The zero-order chi connectivity index (χ0) is 18.5. The topological polar surface area (TPSA) is 50.2 Å². The van der Waals surface area contributed by atoms with Crippen LogP contribution in [0.15, 0.2) is 66.9 Å². The van der Waals surface area contributed by atoms with Crippen LogP contribution in [0.5, 0.6) is 0 Å². The van der Waals surface area contributed by atoms with Crippen molar-refractivity contribution >= 4 is 6.03 Å². The number of nitrogens with zero attached hydrogens (tertiary/aromatic N) is 3. The van der Waals surface area contributed by atoms with E-state index in [1.54, 1.807) is 35.0 Å². The number of rotatable bonds is 5. The van der Waals surface area contributed by atoms with Crippen molar-refractivity contribution in [3.8, 4) is 0 Å². The number of aryl methyl sites for hydroxylation is 1. The van der Waals surface area contributed by atoms with Crippen molar-refractivity contribution in [1.29, 1.82) is 0 Å². The molecule has 0 saturated heterocycles. The standard InChI is InChI=1S/C20H21FN4O/c1-24(20(26)22-14-18-12-13-23-25(18)2)19(15-6-4-3-5-7-15)16-8-10-17(21)11-9-16/h3-13,19H,14H2,1-2H3,(H,22,26). The summed E-state index contributed by atoms with van der Waals surface area (Å²) in [7, 11) is 3.57. The van der Waals surface area contributed by atoms with E-state index < -0.39 is 0 Å². The lowest BCUT2D eigenvalue weighted by molar-refractivity contribution is 0.197. The molecule has 1 heterocycles. The summed E-state index contributed by atoms with van der Waals surface area (Å²) in [5, 5.41) is 7.00. The number of carbonyl (C=O) groups is 1. The van der Waals surface area contributed by atoms with Crippen molar-refractivity contribution in [1.82, 2.24) is 20.0 Å². The summed E-state index contributed by atoms with van der Waals surface area (Å²) in [6.45, 7) is 0.380. The van der Waals surface area contributed by atoms with Gasteiger partial charge >= 0.3 is 6.03 Å². The van der Waals surface area contributed by atoms with Gasteiger partial charge in [-0.25, -0.2) is 9.18 Å². The third kappa shape index (κ3) is 3.91. The SMILES string of the molecule is CN(C(=O)NCc1ccnn1C)C(c1ccccc1)c1ccc(F)cc1. The number of urea groups is 1. The largest absolute Gasteiger partial charge is 0.332 e. The van der Waals surface area contributed by atoms with E-state index in [1.807, 2.05) is 43.4 Å². The maximum atomic E-state index is 13.3. The van der Waals surface area contributed by atoms with E-state index in [0.29, 0.717) is 6.54 Å². The maximum Gasteiger partial charge on any atom is 0.318 e. The Bertz CT molecular complexity index is 861. The third-order valence-corrected chi connectivity index (χ3v) is 4.35. The van der Waals surface area contributed by atoms with Gasteiger partial charge < -0.3 is 10.2 Å². The predicted octanol–water partition coefficient (Wildman–Crippen LogP) is 3.49. The van der Waals surface area contributed by atoms with Crippen LogP contribution in [0.3, 0.4) is 0 Å². The first-order chi connectivity index (χ1) is 12.6. The van der Waals surface area contributed by atoms with Gasteiger partial charge in [0.1, 0.15) is 5.82 Å². The van der Waals surface area contributed by atoms with Crippen LogP contribution in [-0.2, 0) is 13.6 Å². The molecule has 0 saturated carbocycles. The summed E-state index contributed by atoms with van der Waals surface area (Å²) in [5.41, 5.74) is 2.71. The highest BCUT2D eigenvalue weighted by Gasteiger charge is 2.23. The zero-order valence-corrected chi connectivity index (χ0v) is 14.8. The molecule has 0 radical (unpaired) electrons. The number of aromatic nitrogens is 2. The number of halogens is 1. The van der Waals surface area contributed by atoms with E-state index in [-0.39, 0.29) is 17.9 Å². The van der Waals surface area contributed by atoms with Crippen molar-refractivity contribution in [3.63, 3.8) is 0 Å². The number of hydrogen-bond donors (Lipinski definition) is 1. The molecule has 26 heavy (non-hydrogen) atoms. The van der Waals surface area contributed by atoms with Gasteiger partial charge in [-0.3, -0.25) is 4.68 Å². The first kappa shape index (κ1) is 17.7. The quantitative estimate of drug-likeness (QED) is 0.764. The van der Waals surface area contributed by atoms with Gasteiger partial charge in [-0.15, -0.1) is 0 Å². The van der Waals surface area contributed by atoms with Crippen LogP contribution in [0.1, 0.15) is 22.9 Å². The Morgan fingerprint density at radius 2 is 1.77 bits per heavy atom. The molecule has 134 valence electrons. The second-order valence-electron chi connectivity index (χ2n) is 6.08. The zero-order valence-electron chi connectivity index (χ0n) is 14.8. The van der Waals surface area contributed by atoms with Crippen LogP contribution in [-0.4, -0.2) is 27.8 Å². The average Bonchev–Trinajstić information content (AvgIpc) is 3.07. The van der Waals surface area contributed by atoms with Gasteiger partial charge in [0.25, 0.3) is 0 Å². The lowest BCUT2D eigenvalue weighted by Gasteiger charge is -2.29. The maximum absolute atomic E-state index is 13.3. The van der Waals surface area contributed by atoms with E-state index in [4.69, 9.17) is 0 Å². The van der Waals surface area contributed by atoms with E-state index >= 15 is 0 Å². The van der Waals surface area contributed by atoms with E-state index in [9.17, 15) is 9.18 Å². The lowest BCUT2D eigenvalue weighted by Crippen LogP contribution is -2.40. The van der Waals surface area contributed by atoms with Crippen molar-refractivity contribution < 1.29 is 9.18 Å². The van der Waals surface area contributed by atoms with Crippen LogP contribution in [0, 0.1) is 5.82 Å². The normalized spacial score (nSPS) is 11.8. The summed E-state index contributed by atoms with van der Waals surface area (Å²) in [6, 6.07) is 17.2. The first-order valence-corrected chi connectivity index (χ1v) is 8.34. The van der Waals surface area contributed by atoms with Gasteiger partial charge in [-0.05, 0) is 29.3 Å². The fourth-order valence-electron chi connectivity index (χ4n) is 2.90. The number of hydrogen-bond acceptors (Lipinski definition) is 2. The Hall–Kier alpha value is -3.15. The van der Waals surface area contributed by atoms with E-state index in [0.717, 1.165) is 16.8 Å². The number of amides is 2. The third-order valence-electron chi connectivity index (χ3n) is 4.35. The summed E-state index contributed by atoms with van der Waals surface area (Å²) in [4.78, 5) is 14.3. The minimum absolute atomic E-state index is 0.218. The molecule has 1 atom stereocenters. The molecule has 5 nitrogen and oxygen atoms in total. The van der Waals surface area contributed by atoms with Crippen LogP contribution < -0.4 is 5.32 Å². The first-order valence-electron chi connectivity index (χ1n) is 8.34. The molecular formula is C20H21FN4O. The molecule has 0 aliphatic rings. The average molecular weight is 352 g/mol. The molecule has 3 aromatic rings. The number of nitrogens with one attached hydrogen (secondary N) is 1. The monoisotopic (exact) mass is 352 g/mol. The van der Waals surface area contributed by atoms with Gasteiger partial charge in [-0.1, -0.05) is 42.5 Å². The Balaban J connectivity index is 1.82. The highest BCUT2D eigenvalue weighted by Crippen LogP contribution is 2.27. The Kier molecular flexibility index (Phi) is 5.31. The molecule has 0 fully saturated rings. The van der Waals surface area contributed by atoms with Crippen molar-refractivity contribution in [2.45, 2.75) is 12.6 Å². The van der Waals surface area contributed by atoms with Crippen LogP contribution in [0.2, 0.25) is 0 Å². The summed E-state index contributed by atoms with van der Waals surface area (Å²) in [6.07, 6.45) is 1.69. The van der Waals surface area contributed by atoms with Gasteiger partial charge in [0.05, 0.1) is 18.3 Å². The smallest absolute Gasteiger partial charge is 0.318 e. The second kappa shape index (κ2) is 7.82. The Labute approximate surface area is 152 Å². The molecule has 2 amide bonds. The fraction of sp³-hybridized carbons (Fsp3) is 0.200. The minimum atomic E-state index is -0.316. The molecule has 1 unspecified atom stereocenters. The van der Waals surface area contributed by atoms with Gasteiger partial charge in [0, 0.05) is 20.3 Å². The molecule has 2 aromatic carbocycles. The lowest BCUT2D eigenvalue weighted by atomic mass is 9.97. The van der Waals surface area contributed by atoms with E-state index in [1.165, 1.54) is 12.1 Å². The molecule has 1 aromatic heterocycles. The number of benzene rings is 2. The van der Waals surface area contributed by atoms with Crippen molar-refractivity contribution in [3.05, 3.63) is 89.5 Å². The van der Waals surface area contributed by atoms with Crippen LogP contribution in [0.25, 0.3) is 0 Å². The summed E-state index contributed by atoms with van der Waals surface area (Å²) >= 11 is 0. The molecule has 0 aliphatic heterocycles. The van der Waals surface area contributed by atoms with Crippen molar-refractivity contribution in [2.24, 2.45) is 7.05 Å². The van der Waals surface area contributed by atoms with Gasteiger partial charge in [-0.2, -0.15) is 5.10 Å². The van der Waals surface area contributed by atoms with E-state index in [2.05, 4.69) is 10.4 Å². The second-order valence-corrected chi connectivity index (χ2v) is 6.08. The summed E-state index contributed by atoms with van der Waals surface area (Å²) in [5.74, 6) is -0.302. The molecular weight excluding hydrogens is 331 g/mol. The summed E-state index contributed by atoms with van der Waals surface area (Å²) < 4.78 is 15.0. The highest BCUT2D eigenvalue weighted by atomic mass is 19.1. The molecule has 1 N–H and O–H groups in total. The Morgan fingerprint density at radius 1 is 1.12 bits per heavy atom. The molecule has 3 rings (SSSR count).